The number of ether oxygens (including phenoxy) is 2. The number of alkyl halides is 1. The minimum absolute atomic E-state index is 0.0596. The van der Waals surface area contributed by atoms with Gasteiger partial charge in [0.2, 0.25) is 0 Å². The largest absolute Gasteiger partial charge is 0.491 e. The van der Waals surface area contributed by atoms with Gasteiger partial charge in [0, 0.05) is 24.7 Å². The Bertz CT molecular complexity index is 810. The smallest absolute Gasteiger partial charge is 0.305 e. The molecule has 41 heavy (non-hydrogen) atoms. The molecule has 0 aromatic heterocycles. The van der Waals surface area contributed by atoms with Crippen LogP contribution < -0.4 is 0 Å². The van der Waals surface area contributed by atoms with Crippen molar-refractivity contribution in [3.63, 3.8) is 0 Å². The zero-order chi connectivity index (χ0) is 30.5. The van der Waals surface area contributed by atoms with Crippen LogP contribution in [0.3, 0.4) is 0 Å². The topological polar surface area (TPSA) is 54.0 Å². The van der Waals surface area contributed by atoms with Crippen LogP contribution in [-0.4, -0.2) is 54.2 Å². The highest BCUT2D eigenvalue weighted by Gasteiger charge is 2.49. The number of carbonyl (C=O) groups is 1. The molecule has 0 amide bonds. The fraction of sp³-hybridized carbons (Fsp3) is 0.848. The van der Waals surface area contributed by atoms with Crippen molar-refractivity contribution in [2.75, 3.05) is 7.11 Å². The molecule has 1 fully saturated rings. The number of allylic oxidation sites excluding steroid dienone is 1. The molecule has 1 heterocycles. The Morgan fingerprint density at radius 3 is 2.17 bits per heavy atom. The van der Waals surface area contributed by atoms with Crippen molar-refractivity contribution in [1.29, 1.82) is 0 Å². The second-order valence-corrected chi connectivity index (χ2v) is 21.7. The number of hydrogen-bond donors (Lipinski definition) is 0. The third-order valence-corrected chi connectivity index (χ3v) is 19.4. The average Bonchev–Trinajstić information content (AvgIpc) is 3.55. The highest BCUT2D eigenvalue weighted by molar-refractivity contribution is 6.74. The number of methoxy groups -OCH3 is 1. The van der Waals surface area contributed by atoms with E-state index < -0.39 is 22.8 Å². The first kappa shape index (κ1) is 36.2. The Balaban J connectivity index is 2.32. The van der Waals surface area contributed by atoms with E-state index >= 15 is 4.39 Å². The lowest BCUT2D eigenvalue weighted by molar-refractivity contribution is -0.140. The molecule has 0 N–H and O–H groups in total. The molecule has 0 saturated heterocycles. The summed E-state index contributed by atoms with van der Waals surface area (Å²) in [6.45, 7) is 16.0. The Labute approximate surface area is 253 Å². The first-order valence-corrected chi connectivity index (χ1v) is 21.9. The summed E-state index contributed by atoms with van der Waals surface area (Å²) in [5.74, 6) is 0.392. The molecule has 2 rings (SSSR count). The minimum Gasteiger partial charge on any atom is -0.491 e. The molecule has 6 atom stereocenters. The molecular weight excluding hydrogens is 552 g/mol. The quantitative estimate of drug-likeness (QED) is 0.0559. The van der Waals surface area contributed by atoms with Gasteiger partial charge < -0.3 is 18.3 Å². The van der Waals surface area contributed by atoms with Gasteiger partial charge in [-0.3, -0.25) is 4.79 Å². The van der Waals surface area contributed by atoms with Crippen molar-refractivity contribution in [1.82, 2.24) is 0 Å². The summed E-state index contributed by atoms with van der Waals surface area (Å²) in [6.07, 6.45) is 12.1. The van der Waals surface area contributed by atoms with E-state index in [1.165, 1.54) is 26.4 Å². The molecule has 8 heteroatoms. The van der Waals surface area contributed by atoms with Crippen LogP contribution >= 0.6 is 0 Å². The van der Waals surface area contributed by atoms with E-state index in [-0.39, 0.29) is 49.0 Å². The van der Waals surface area contributed by atoms with Gasteiger partial charge in [-0.1, -0.05) is 79.9 Å². The molecule has 0 bridgehead atoms. The normalized spacial score (nSPS) is 24.3. The van der Waals surface area contributed by atoms with Crippen molar-refractivity contribution >= 4 is 22.6 Å². The summed E-state index contributed by atoms with van der Waals surface area (Å²) in [5, 5.41) is 0. The van der Waals surface area contributed by atoms with E-state index in [2.05, 4.69) is 60.6 Å². The highest BCUT2D eigenvalue weighted by Crippen LogP contribution is 2.46. The fourth-order valence-electron chi connectivity index (χ4n) is 6.70. The van der Waals surface area contributed by atoms with Crippen LogP contribution in [0, 0.1) is 11.8 Å². The van der Waals surface area contributed by atoms with Crippen LogP contribution in [0.4, 0.5) is 4.39 Å². The Hall–Kier alpha value is -0.966. The van der Waals surface area contributed by atoms with E-state index in [9.17, 15) is 4.79 Å². The fourth-order valence-corrected chi connectivity index (χ4v) is 12.4. The lowest BCUT2D eigenvalue weighted by Gasteiger charge is -2.35. The maximum Gasteiger partial charge on any atom is 0.305 e. The molecule has 1 aliphatic carbocycles. The van der Waals surface area contributed by atoms with Crippen molar-refractivity contribution in [3.8, 4) is 0 Å². The average molecular weight is 613 g/mol. The number of esters is 1. The third-order valence-electron chi connectivity index (χ3n) is 10.1. The Morgan fingerprint density at radius 2 is 1.61 bits per heavy atom. The van der Waals surface area contributed by atoms with Crippen molar-refractivity contribution in [2.24, 2.45) is 11.8 Å². The Kier molecular flexibility index (Phi) is 15.9. The van der Waals surface area contributed by atoms with Crippen LogP contribution in [0.5, 0.6) is 0 Å². The monoisotopic (exact) mass is 612 g/mol. The molecule has 1 saturated carbocycles. The van der Waals surface area contributed by atoms with Crippen molar-refractivity contribution in [3.05, 3.63) is 24.0 Å². The van der Waals surface area contributed by atoms with Crippen LogP contribution in [0.25, 0.3) is 0 Å². The summed E-state index contributed by atoms with van der Waals surface area (Å²) >= 11 is 0. The summed E-state index contributed by atoms with van der Waals surface area (Å²) in [7, 11) is -2.23. The second-order valence-electron chi connectivity index (χ2n) is 12.2. The van der Waals surface area contributed by atoms with Gasteiger partial charge in [-0.15, -0.1) is 0 Å². The van der Waals surface area contributed by atoms with Gasteiger partial charge in [-0.05, 0) is 61.6 Å². The van der Waals surface area contributed by atoms with Gasteiger partial charge in [-0.2, -0.15) is 0 Å². The molecule has 5 nitrogen and oxygen atoms in total. The molecule has 0 radical (unpaired) electrons. The second kappa shape index (κ2) is 18.0. The van der Waals surface area contributed by atoms with Crippen molar-refractivity contribution in [2.45, 2.75) is 161 Å². The number of carbonyl (C=O) groups excluding carboxylic acids is 1. The zero-order valence-electron chi connectivity index (χ0n) is 27.5. The van der Waals surface area contributed by atoms with Gasteiger partial charge in [0.1, 0.15) is 11.9 Å². The summed E-state index contributed by atoms with van der Waals surface area (Å²) < 4.78 is 40.3. The van der Waals surface area contributed by atoms with Crippen LogP contribution in [0.1, 0.15) is 99.8 Å². The van der Waals surface area contributed by atoms with Crippen molar-refractivity contribution < 1.29 is 27.5 Å². The van der Waals surface area contributed by atoms with E-state index in [1.807, 2.05) is 6.08 Å². The van der Waals surface area contributed by atoms with Crippen LogP contribution in [0.2, 0.25) is 36.3 Å². The van der Waals surface area contributed by atoms with E-state index in [1.54, 1.807) is 0 Å². The number of rotatable bonds is 21. The molecule has 238 valence electrons. The maximum atomic E-state index is 15.2. The lowest BCUT2D eigenvalue weighted by atomic mass is 9.92. The number of fused-ring (bicyclic) bond motifs is 1. The maximum absolute atomic E-state index is 15.2. The number of hydrogen-bond acceptors (Lipinski definition) is 5. The first-order chi connectivity index (χ1) is 19.7. The molecule has 0 spiro atoms. The molecular formula is C33H61FO5Si2. The predicted molar refractivity (Wildman–Crippen MR) is 173 cm³/mol. The Morgan fingerprint density at radius 1 is 0.976 bits per heavy atom. The molecule has 0 aromatic carbocycles. The zero-order valence-corrected chi connectivity index (χ0v) is 29.5. The molecule has 0 unspecified atom stereocenters. The summed E-state index contributed by atoms with van der Waals surface area (Å²) in [6, 6.07) is 6.75. The highest BCUT2D eigenvalue weighted by atomic mass is 28.4. The predicted octanol–water partition coefficient (Wildman–Crippen LogP) is 9.50. The number of halogens is 1. The van der Waals surface area contributed by atoms with Crippen LogP contribution in [-0.2, 0) is 23.1 Å². The van der Waals surface area contributed by atoms with E-state index in [0.717, 1.165) is 49.1 Å². The first-order valence-electron chi connectivity index (χ1n) is 16.8. The molecule has 0 aromatic rings. The molecule has 2 aliphatic rings. The van der Waals surface area contributed by atoms with Crippen LogP contribution in [0.15, 0.2) is 24.0 Å². The number of unbranched alkanes of at least 4 members (excludes halogenated alkanes) is 2. The summed E-state index contributed by atoms with van der Waals surface area (Å²) in [4.78, 5) is 11.5. The summed E-state index contributed by atoms with van der Waals surface area (Å²) in [5.41, 5.74) is 0. The van der Waals surface area contributed by atoms with Gasteiger partial charge in [-0.25, -0.2) is 4.39 Å². The standard InChI is InChI=1S/C33H61FO5Si2/c1-9-16-17-19-26(38-40(10-2,11-3)12-4)22-23-27-28-24-32(29(34)20-18-21-33(35)36-8)37-30(28)25-31(27)39-41(13-5,14-6)15-7/h22-24,26-31H,9-21,25H2,1-8H3/b23-22+/t26-,27+,28+,29-,30-,31+/m0/s1. The third kappa shape index (κ3) is 10.0. The minimum atomic E-state index is -1.83. The van der Waals surface area contributed by atoms with Gasteiger partial charge in [0.25, 0.3) is 0 Å². The SMILES string of the molecule is CCCCC[C@@H](/C=C/[C@@H]1[C@H]2C=C([C@@H](F)CCCC(=O)OC)O[C@H]2C[C@H]1O[Si](CC)(CC)CC)O[Si](CC)(CC)CC. The van der Waals surface area contributed by atoms with Gasteiger partial charge in [0.05, 0.1) is 19.3 Å². The van der Waals surface area contributed by atoms with E-state index in [0.29, 0.717) is 12.2 Å². The van der Waals surface area contributed by atoms with E-state index in [4.69, 9.17) is 18.3 Å². The molecule has 1 aliphatic heterocycles. The van der Waals surface area contributed by atoms with Gasteiger partial charge in [0.15, 0.2) is 22.8 Å². The van der Waals surface area contributed by atoms with Gasteiger partial charge >= 0.3 is 5.97 Å². The lowest BCUT2D eigenvalue weighted by Crippen LogP contribution is -2.41.